The Morgan fingerprint density at radius 3 is 2.72 bits per heavy atom. The molecule has 3 aromatic rings. The summed E-state index contributed by atoms with van der Waals surface area (Å²) in [7, 11) is 3.94. The summed E-state index contributed by atoms with van der Waals surface area (Å²) in [5.74, 6) is -0.277. The van der Waals surface area contributed by atoms with E-state index < -0.39 is 0 Å². The number of aromatic nitrogens is 1. The smallest absolute Gasteiger partial charge is 0.234 e. The van der Waals surface area contributed by atoms with E-state index in [2.05, 4.69) is 4.98 Å². The van der Waals surface area contributed by atoms with E-state index in [1.165, 1.54) is 23.5 Å². The quantitative estimate of drug-likeness (QED) is 0.627. The van der Waals surface area contributed by atoms with Gasteiger partial charge < -0.3 is 4.90 Å². The molecule has 3 rings (SSSR count). The molecule has 0 aliphatic carbocycles. The molecular weight excluding hydrogens is 381 g/mol. The molecule has 0 saturated carbocycles. The van der Waals surface area contributed by atoms with E-state index in [1.807, 2.05) is 36.5 Å². The van der Waals surface area contributed by atoms with Crippen LogP contribution in [0.2, 0.25) is 0 Å². The van der Waals surface area contributed by atoms with Crippen molar-refractivity contribution in [3.8, 4) is 0 Å². The number of hydrogen-bond donors (Lipinski definition) is 0. The van der Waals surface area contributed by atoms with Crippen molar-refractivity contribution in [3.05, 3.63) is 46.4 Å². The fourth-order valence-electron chi connectivity index (χ4n) is 2.29. The van der Waals surface area contributed by atoms with Crippen LogP contribution < -0.4 is 4.90 Å². The number of thiophene rings is 1. The molecule has 2 heterocycles. The minimum absolute atomic E-state index is 0. The van der Waals surface area contributed by atoms with Crippen molar-refractivity contribution in [2.24, 2.45) is 0 Å². The van der Waals surface area contributed by atoms with Gasteiger partial charge in [-0.05, 0) is 43.7 Å². The van der Waals surface area contributed by atoms with Gasteiger partial charge in [0.25, 0.3) is 0 Å². The van der Waals surface area contributed by atoms with Gasteiger partial charge in [0, 0.05) is 18.0 Å². The number of halogens is 2. The van der Waals surface area contributed by atoms with Gasteiger partial charge in [-0.2, -0.15) is 0 Å². The predicted octanol–water partition coefficient (Wildman–Crippen LogP) is 4.06. The van der Waals surface area contributed by atoms with Gasteiger partial charge in [0.05, 0.1) is 16.6 Å². The van der Waals surface area contributed by atoms with Crippen molar-refractivity contribution in [1.82, 2.24) is 9.88 Å². The van der Waals surface area contributed by atoms with Crippen LogP contribution in [0.3, 0.4) is 0 Å². The second-order valence-corrected chi connectivity index (χ2v) is 7.75. The monoisotopic (exact) mass is 399 g/mol. The topological polar surface area (TPSA) is 36.4 Å². The molecule has 0 N–H and O–H groups in total. The van der Waals surface area contributed by atoms with E-state index >= 15 is 0 Å². The first-order valence-electron chi connectivity index (χ1n) is 7.56. The summed E-state index contributed by atoms with van der Waals surface area (Å²) in [5, 5.41) is 2.59. The van der Waals surface area contributed by atoms with Gasteiger partial charge in [-0.3, -0.25) is 9.69 Å². The van der Waals surface area contributed by atoms with Crippen LogP contribution in [0.4, 0.5) is 9.52 Å². The number of rotatable bonds is 6. The third-order valence-electron chi connectivity index (χ3n) is 3.55. The van der Waals surface area contributed by atoms with Crippen molar-refractivity contribution in [2.45, 2.75) is 6.42 Å². The molecule has 0 atom stereocenters. The van der Waals surface area contributed by atoms with Crippen LogP contribution in [0.1, 0.15) is 4.88 Å². The average molecular weight is 400 g/mol. The maximum absolute atomic E-state index is 13.4. The Morgan fingerprint density at radius 2 is 2.04 bits per heavy atom. The number of anilines is 1. The first-order valence-corrected chi connectivity index (χ1v) is 9.26. The Balaban J connectivity index is 0.00000225. The van der Waals surface area contributed by atoms with Crippen molar-refractivity contribution >= 4 is 56.3 Å². The van der Waals surface area contributed by atoms with Gasteiger partial charge in [-0.15, -0.1) is 23.7 Å². The summed E-state index contributed by atoms with van der Waals surface area (Å²) in [6.07, 6.45) is 0.357. The minimum Gasteiger partial charge on any atom is -0.308 e. The van der Waals surface area contributed by atoms with Gasteiger partial charge in [0.2, 0.25) is 5.91 Å². The average Bonchev–Trinajstić information content (AvgIpc) is 3.16. The number of benzene rings is 1. The highest BCUT2D eigenvalue weighted by molar-refractivity contribution is 7.22. The lowest BCUT2D eigenvalue weighted by molar-refractivity contribution is -0.118. The Kier molecular flexibility index (Phi) is 6.89. The number of carbonyl (C=O) groups excluding carboxylic acids is 1. The molecule has 1 amide bonds. The molecule has 0 radical (unpaired) electrons. The molecule has 8 heteroatoms. The van der Waals surface area contributed by atoms with Crippen LogP contribution in [0.15, 0.2) is 35.7 Å². The fourth-order valence-corrected chi connectivity index (χ4v) is 4.02. The number of thiazole rings is 1. The third-order valence-corrected chi connectivity index (χ3v) is 5.47. The SMILES string of the molecule is CN(C)CCN(C(=O)Cc1cccs1)c1nc2ccc(F)cc2s1.Cl. The van der Waals surface area contributed by atoms with Crippen molar-refractivity contribution in [3.63, 3.8) is 0 Å². The zero-order chi connectivity index (χ0) is 17.1. The number of likely N-dealkylation sites (N-methyl/N-ethyl adjacent to an activating group) is 1. The Labute approximate surface area is 160 Å². The van der Waals surface area contributed by atoms with Crippen LogP contribution >= 0.6 is 35.1 Å². The highest BCUT2D eigenvalue weighted by Crippen LogP contribution is 2.30. The summed E-state index contributed by atoms with van der Waals surface area (Å²) < 4.78 is 14.2. The molecule has 4 nitrogen and oxygen atoms in total. The van der Waals surface area contributed by atoms with E-state index in [0.717, 1.165) is 21.6 Å². The molecule has 2 aromatic heterocycles. The van der Waals surface area contributed by atoms with Crippen molar-refractivity contribution < 1.29 is 9.18 Å². The second kappa shape index (κ2) is 8.71. The van der Waals surface area contributed by atoms with E-state index in [4.69, 9.17) is 0 Å². The van der Waals surface area contributed by atoms with Crippen molar-refractivity contribution in [2.75, 3.05) is 32.1 Å². The van der Waals surface area contributed by atoms with Crippen LogP contribution in [0.25, 0.3) is 10.2 Å². The summed E-state index contributed by atoms with van der Waals surface area (Å²) in [6.45, 7) is 1.29. The molecule has 0 saturated heterocycles. The van der Waals surface area contributed by atoms with Crippen LogP contribution in [0, 0.1) is 5.82 Å². The minimum atomic E-state index is -0.289. The third kappa shape index (κ3) is 4.98. The van der Waals surface area contributed by atoms with E-state index in [0.29, 0.717) is 18.1 Å². The molecule has 25 heavy (non-hydrogen) atoms. The first kappa shape index (κ1) is 19.8. The Hall–Kier alpha value is -1.54. The molecule has 134 valence electrons. The van der Waals surface area contributed by atoms with Crippen LogP contribution in [0.5, 0.6) is 0 Å². The maximum Gasteiger partial charge on any atom is 0.234 e. The maximum atomic E-state index is 13.4. The number of hydrogen-bond acceptors (Lipinski definition) is 5. The summed E-state index contributed by atoms with van der Waals surface area (Å²) >= 11 is 2.92. The summed E-state index contributed by atoms with van der Waals surface area (Å²) in [6, 6.07) is 8.41. The lowest BCUT2D eigenvalue weighted by atomic mass is 10.3. The zero-order valence-electron chi connectivity index (χ0n) is 13.9. The highest BCUT2D eigenvalue weighted by Gasteiger charge is 2.20. The standard InChI is InChI=1S/C17H18FN3OS2.ClH/c1-20(2)7-8-21(16(22)11-13-4-3-9-23-13)17-19-14-6-5-12(18)10-15(14)24-17;/h3-6,9-10H,7-8,11H2,1-2H3;1H. The van der Waals surface area contributed by atoms with Crippen molar-refractivity contribution in [1.29, 1.82) is 0 Å². The molecule has 0 unspecified atom stereocenters. The molecule has 0 aliphatic heterocycles. The molecule has 0 aliphatic rings. The van der Waals surface area contributed by atoms with E-state index in [9.17, 15) is 9.18 Å². The lowest BCUT2D eigenvalue weighted by Crippen LogP contribution is -2.37. The zero-order valence-corrected chi connectivity index (χ0v) is 16.4. The van der Waals surface area contributed by atoms with Gasteiger partial charge in [-0.1, -0.05) is 17.4 Å². The van der Waals surface area contributed by atoms with Gasteiger partial charge in [-0.25, -0.2) is 9.37 Å². The molecule has 0 fully saturated rings. The Bertz CT molecular complexity index is 836. The number of nitrogens with zero attached hydrogens (tertiary/aromatic N) is 3. The largest absolute Gasteiger partial charge is 0.308 e. The highest BCUT2D eigenvalue weighted by atomic mass is 35.5. The second-order valence-electron chi connectivity index (χ2n) is 5.71. The first-order chi connectivity index (χ1) is 11.5. The van der Waals surface area contributed by atoms with Gasteiger partial charge in [0.1, 0.15) is 5.82 Å². The molecule has 0 spiro atoms. The number of carbonyl (C=O) groups is 1. The van der Waals surface area contributed by atoms with Crippen LogP contribution in [-0.4, -0.2) is 43.0 Å². The molecular formula is C17H19ClFN3OS2. The molecule has 0 bridgehead atoms. The van der Waals surface area contributed by atoms with Gasteiger partial charge >= 0.3 is 0 Å². The summed E-state index contributed by atoms with van der Waals surface area (Å²) in [5.41, 5.74) is 0.718. The van der Waals surface area contributed by atoms with Gasteiger partial charge in [0.15, 0.2) is 5.13 Å². The molecule has 1 aromatic carbocycles. The fraction of sp³-hybridized carbons (Fsp3) is 0.294. The summed E-state index contributed by atoms with van der Waals surface area (Å²) in [4.78, 5) is 22.1. The number of fused-ring (bicyclic) bond motifs is 1. The van der Waals surface area contributed by atoms with E-state index in [1.54, 1.807) is 22.3 Å². The Morgan fingerprint density at radius 1 is 1.24 bits per heavy atom. The van der Waals surface area contributed by atoms with Crippen LogP contribution in [-0.2, 0) is 11.2 Å². The predicted molar refractivity (Wildman–Crippen MR) is 106 cm³/mol. The normalized spacial score (nSPS) is 10.9. The lowest BCUT2D eigenvalue weighted by Gasteiger charge is -2.21. The van der Waals surface area contributed by atoms with E-state index in [-0.39, 0.29) is 24.1 Å². The number of amides is 1.